The smallest absolute Gasteiger partial charge is 0.323 e. The van der Waals surface area contributed by atoms with E-state index in [1.54, 1.807) is 47.2 Å². The van der Waals surface area contributed by atoms with Crippen LogP contribution in [0.2, 0.25) is 0 Å². The molecule has 0 aliphatic carbocycles. The molecule has 0 radical (unpaired) electrons. The van der Waals surface area contributed by atoms with E-state index >= 15 is 0 Å². The van der Waals surface area contributed by atoms with Crippen LogP contribution < -0.4 is 16.2 Å². The number of rotatable bonds is 8. The highest BCUT2D eigenvalue weighted by atomic mass is 16.4. The van der Waals surface area contributed by atoms with Gasteiger partial charge in [-0.1, -0.05) is 54.6 Å². The van der Waals surface area contributed by atoms with Gasteiger partial charge in [-0.3, -0.25) is 9.59 Å². The van der Waals surface area contributed by atoms with Crippen LogP contribution in [0, 0.1) is 6.92 Å². The number of amides is 2. The van der Waals surface area contributed by atoms with Crippen molar-refractivity contribution in [3.8, 4) is 11.1 Å². The quantitative estimate of drug-likeness (QED) is 0.316. The summed E-state index contributed by atoms with van der Waals surface area (Å²) < 4.78 is 1.65. The summed E-state index contributed by atoms with van der Waals surface area (Å²) in [4.78, 5) is 36.4. The second-order valence-corrected chi connectivity index (χ2v) is 8.53. The molecule has 2 amide bonds. The van der Waals surface area contributed by atoms with Crippen LogP contribution in [0.5, 0.6) is 0 Å². The number of carbonyl (C=O) groups excluding carboxylic acids is 1. The molecule has 7 nitrogen and oxygen atoms in total. The van der Waals surface area contributed by atoms with Crippen LogP contribution in [-0.4, -0.2) is 21.7 Å². The first-order valence-electron chi connectivity index (χ1n) is 11.6. The van der Waals surface area contributed by atoms with Crippen molar-refractivity contribution in [1.82, 2.24) is 4.57 Å². The number of benzene rings is 3. The molecular formula is C29H27N3O4. The lowest BCUT2D eigenvalue weighted by Crippen LogP contribution is -2.22. The number of hydrogen-bond donors (Lipinski definition) is 3. The molecule has 0 fully saturated rings. The predicted molar refractivity (Wildman–Crippen MR) is 141 cm³/mol. The summed E-state index contributed by atoms with van der Waals surface area (Å²) in [7, 11) is 0. The molecule has 4 aromatic rings. The van der Waals surface area contributed by atoms with Gasteiger partial charge in [0.2, 0.25) is 0 Å². The topological polar surface area (TPSA) is 100 Å². The molecule has 0 aliphatic rings. The molecule has 0 unspecified atom stereocenters. The van der Waals surface area contributed by atoms with Crippen molar-refractivity contribution in [2.24, 2.45) is 0 Å². The number of carboxylic acids is 1. The lowest BCUT2D eigenvalue weighted by Gasteiger charge is -2.11. The van der Waals surface area contributed by atoms with Crippen LogP contribution >= 0.6 is 0 Å². The number of aromatic nitrogens is 1. The Bertz CT molecular complexity index is 1440. The largest absolute Gasteiger partial charge is 0.481 e. The maximum absolute atomic E-state index is 13.1. The summed E-state index contributed by atoms with van der Waals surface area (Å²) in [6.45, 7) is 2.40. The highest BCUT2D eigenvalue weighted by molar-refractivity contribution is 6.00. The molecule has 0 saturated heterocycles. The lowest BCUT2D eigenvalue weighted by molar-refractivity contribution is -0.136. The third-order valence-electron chi connectivity index (χ3n) is 5.86. The third kappa shape index (κ3) is 6.27. The molecule has 7 heteroatoms. The Morgan fingerprint density at radius 3 is 2.36 bits per heavy atom. The molecule has 0 spiro atoms. The molecule has 0 atom stereocenters. The molecule has 1 aromatic heterocycles. The minimum absolute atomic E-state index is 0.0261. The van der Waals surface area contributed by atoms with E-state index in [-0.39, 0.29) is 18.0 Å². The molecule has 0 bridgehead atoms. The molecule has 3 aromatic carbocycles. The fourth-order valence-electron chi connectivity index (χ4n) is 3.98. The standard InChI is InChI=1S/C29H27N3O4/c1-20-6-2-3-10-26(20)31-29(36)30-24-13-11-23(12-14-24)25-9-5-16-32(28(25)35)17-15-21-7-4-8-22(18-21)19-27(33)34/h2-14,16,18H,15,17,19H2,1H3,(H,33,34)(H2,30,31,36). The van der Waals surface area contributed by atoms with Gasteiger partial charge in [-0.15, -0.1) is 0 Å². The van der Waals surface area contributed by atoms with Crippen molar-refractivity contribution >= 4 is 23.4 Å². The Kier molecular flexibility index (Phi) is 7.60. The minimum atomic E-state index is -0.871. The van der Waals surface area contributed by atoms with Gasteiger partial charge in [0, 0.05) is 29.7 Å². The Balaban J connectivity index is 1.42. The number of aryl methyl sites for hydroxylation is 3. The van der Waals surface area contributed by atoms with E-state index in [0.717, 1.165) is 27.9 Å². The van der Waals surface area contributed by atoms with Crippen molar-refractivity contribution in [3.63, 3.8) is 0 Å². The van der Waals surface area contributed by atoms with Crippen molar-refractivity contribution in [2.45, 2.75) is 26.3 Å². The highest BCUT2D eigenvalue weighted by Crippen LogP contribution is 2.19. The van der Waals surface area contributed by atoms with Crippen LogP contribution in [0.4, 0.5) is 16.2 Å². The van der Waals surface area contributed by atoms with Gasteiger partial charge in [0.05, 0.1) is 6.42 Å². The summed E-state index contributed by atoms with van der Waals surface area (Å²) in [6, 6.07) is 25.4. The van der Waals surface area contributed by atoms with Crippen LogP contribution in [0.3, 0.4) is 0 Å². The summed E-state index contributed by atoms with van der Waals surface area (Å²) in [5, 5.41) is 14.6. The maximum Gasteiger partial charge on any atom is 0.323 e. The number of nitrogens with one attached hydrogen (secondary N) is 2. The SMILES string of the molecule is Cc1ccccc1NC(=O)Nc1ccc(-c2cccn(CCc3cccc(CC(=O)O)c3)c2=O)cc1. The van der Waals surface area contributed by atoms with Gasteiger partial charge in [-0.25, -0.2) is 4.79 Å². The summed E-state index contributed by atoms with van der Waals surface area (Å²) >= 11 is 0. The second-order valence-electron chi connectivity index (χ2n) is 8.53. The van der Waals surface area contributed by atoms with Gasteiger partial charge >= 0.3 is 12.0 Å². The number of anilines is 2. The zero-order valence-corrected chi connectivity index (χ0v) is 19.9. The average molecular weight is 482 g/mol. The Labute approximate surface area is 209 Å². The van der Waals surface area contributed by atoms with Crippen molar-refractivity contribution < 1.29 is 14.7 Å². The van der Waals surface area contributed by atoms with Crippen LogP contribution in [-0.2, 0) is 24.2 Å². The fraction of sp³-hybridized carbons (Fsp3) is 0.138. The van der Waals surface area contributed by atoms with E-state index in [0.29, 0.717) is 24.2 Å². The molecule has 0 saturated carbocycles. The lowest BCUT2D eigenvalue weighted by atomic mass is 10.1. The van der Waals surface area contributed by atoms with Gasteiger partial charge in [-0.2, -0.15) is 0 Å². The number of hydrogen-bond acceptors (Lipinski definition) is 3. The molecular weight excluding hydrogens is 454 g/mol. The molecule has 3 N–H and O–H groups in total. The van der Waals surface area contributed by atoms with E-state index in [1.807, 2.05) is 55.5 Å². The second kappa shape index (κ2) is 11.2. The summed E-state index contributed by atoms with van der Waals surface area (Å²) in [5.74, 6) is -0.871. The Morgan fingerprint density at radius 1 is 0.861 bits per heavy atom. The average Bonchev–Trinajstić information content (AvgIpc) is 2.85. The van der Waals surface area contributed by atoms with E-state index in [9.17, 15) is 14.4 Å². The molecule has 1 heterocycles. The van der Waals surface area contributed by atoms with Crippen LogP contribution in [0.25, 0.3) is 11.1 Å². The van der Waals surface area contributed by atoms with Gasteiger partial charge in [0.25, 0.3) is 5.56 Å². The zero-order valence-electron chi connectivity index (χ0n) is 19.9. The third-order valence-corrected chi connectivity index (χ3v) is 5.86. The Morgan fingerprint density at radius 2 is 1.61 bits per heavy atom. The molecule has 36 heavy (non-hydrogen) atoms. The van der Waals surface area contributed by atoms with E-state index < -0.39 is 5.97 Å². The van der Waals surface area contributed by atoms with Gasteiger partial charge < -0.3 is 20.3 Å². The van der Waals surface area contributed by atoms with Crippen molar-refractivity contribution in [2.75, 3.05) is 10.6 Å². The number of pyridine rings is 1. The summed E-state index contributed by atoms with van der Waals surface area (Å²) in [6.07, 6.45) is 2.33. The van der Waals surface area contributed by atoms with Gasteiger partial charge in [0.15, 0.2) is 0 Å². The Hall–Kier alpha value is -4.65. The first-order chi connectivity index (χ1) is 17.4. The predicted octanol–water partition coefficient (Wildman–Crippen LogP) is 5.34. The van der Waals surface area contributed by atoms with Crippen LogP contribution in [0.1, 0.15) is 16.7 Å². The number of carboxylic acid groups (broad SMARTS) is 1. The zero-order chi connectivity index (χ0) is 25.5. The molecule has 0 aliphatic heterocycles. The number of carbonyl (C=O) groups is 2. The number of nitrogens with zero attached hydrogens (tertiary/aromatic N) is 1. The van der Waals surface area contributed by atoms with E-state index in [1.165, 1.54) is 0 Å². The highest BCUT2D eigenvalue weighted by Gasteiger charge is 2.09. The maximum atomic E-state index is 13.1. The minimum Gasteiger partial charge on any atom is -0.481 e. The molecule has 182 valence electrons. The van der Waals surface area contributed by atoms with Crippen molar-refractivity contribution in [1.29, 1.82) is 0 Å². The molecule has 4 rings (SSSR count). The normalized spacial score (nSPS) is 10.6. The monoisotopic (exact) mass is 481 g/mol. The first-order valence-corrected chi connectivity index (χ1v) is 11.6. The van der Waals surface area contributed by atoms with Crippen LogP contribution in [0.15, 0.2) is 95.9 Å². The number of para-hydroxylation sites is 1. The number of urea groups is 1. The van der Waals surface area contributed by atoms with Gasteiger partial charge in [-0.05, 0) is 65.9 Å². The van der Waals surface area contributed by atoms with Gasteiger partial charge in [0.1, 0.15) is 0 Å². The fourth-order valence-corrected chi connectivity index (χ4v) is 3.98. The van der Waals surface area contributed by atoms with Crippen molar-refractivity contribution in [3.05, 3.63) is 118 Å². The first kappa shape index (κ1) is 24.5. The van der Waals surface area contributed by atoms with E-state index in [4.69, 9.17) is 5.11 Å². The van der Waals surface area contributed by atoms with E-state index in [2.05, 4.69) is 10.6 Å². The number of aliphatic carboxylic acids is 1. The summed E-state index contributed by atoms with van der Waals surface area (Å²) in [5.41, 5.74) is 5.24.